The first-order valence-electron chi connectivity index (χ1n) is 9.60. The van der Waals surface area contributed by atoms with E-state index in [0.29, 0.717) is 35.1 Å². The van der Waals surface area contributed by atoms with Crippen LogP contribution < -0.4 is 24.7 Å². The summed E-state index contributed by atoms with van der Waals surface area (Å²) in [5.74, 6) is 1.39. The van der Waals surface area contributed by atoms with E-state index in [9.17, 15) is 9.59 Å². The maximum Gasteiger partial charge on any atom is 0.255 e. The molecular weight excluding hydrogens is 388 g/mol. The van der Waals surface area contributed by atoms with Crippen LogP contribution in [0.4, 0.5) is 0 Å². The Morgan fingerprint density at radius 3 is 2.43 bits per heavy atom. The van der Waals surface area contributed by atoms with Gasteiger partial charge in [-0.25, -0.2) is 0 Å². The second-order valence-corrected chi connectivity index (χ2v) is 6.89. The second kappa shape index (κ2) is 9.39. The number of ether oxygens (including phenoxy) is 4. The van der Waals surface area contributed by atoms with E-state index in [2.05, 4.69) is 0 Å². The summed E-state index contributed by atoms with van der Waals surface area (Å²) in [5, 5.41) is 0. The van der Waals surface area contributed by atoms with E-state index in [4.69, 9.17) is 24.7 Å². The molecule has 0 spiro atoms. The third-order valence-corrected chi connectivity index (χ3v) is 5.09. The van der Waals surface area contributed by atoms with Gasteiger partial charge >= 0.3 is 0 Å². The van der Waals surface area contributed by atoms with Crippen LogP contribution in [0.25, 0.3) is 0 Å². The molecule has 1 aliphatic heterocycles. The van der Waals surface area contributed by atoms with Crippen molar-refractivity contribution in [3.63, 3.8) is 0 Å². The monoisotopic (exact) mass is 414 g/mol. The smallest absolute Gasteiger partial charge is 0.255 e. The van der Waals surface area contributed by atoms with Crippen LogP contribution in [-0.4, -0.2) is 51.2 Å². The van der Waals surface area contributed by atoms with Crippen molar-refractivity contribution in [2.45, 2.75) is 18.9 Å². The molecule has 160 valence electrons. The van der Waals surface area contributed by atoms with E-state index in [1.54, 1.807) is 32.4 Å². The standard InChI is InChI=1S/C22H26N2O6/c1-27-15-7-8-16(19(12-15)28-2)17-5-4-10-24(17)22(26)14-6-9-18(20(11-14)29-3)30-13-21(23)25/h6-9,11-12,17H,4-5,10,13H2,1-3H3,(H2,23,25). The number of likely N-dealkylation sites (tertiary alicyclic amines) is 1. The van der Waals surface area contributed by atoms with Crippen LogP contribution in [0.2, 0.25) is 0 Å². The van der Waals surface area contributed by atoms with Gasteiger partial charge in [0, 0.05) is 23.7 Å². The molecule has 0 bridgehead atoms. The highest BCUT2D eigenvalue weighted by Crippen LogP contribution is 2.40. The molecule has 8 heteroatoms. The molecule has 1 heterocycles. The van der Waals surface area contributed by atoms with Gasteiger partial charge in [0.05, 0.1) is 27.4 Å². The summed E-state index contributed by atoms with van der Waals surface area (Å²) in [4.78, 5) is 26.1. The molecule has 2 N–H and O–H groups in total. The molecule has 1 atom stereocenters. The summed E-state index contributed by atoms with van der Waals surface area (Å²) >= 11 is 0. The lowest BCUT2D eigenvalue weighted by atomic mass is 10.0. The van der Waals surface area contributed by atoms with Crippen molar-refractivity contribution >= 4 is 11.8 Å². The van der Waals surface area contributed by atoms with Crippen LogP contribution in [0, 0.1) is 0 Å². The lowest BCUT2D eigenvalue weighted by molar-refractivity contribution is -0.119. The van der Waals surface area contributed by atoms with Crippen LogP contribution in [0.3, 0.4) is 0 Å². The Morgan fingerprint density at radius 2 is 1.77 bits per heavy atom. The quantitative estimate of drug-likeness (QED) is 0.713. The summed E-state index contributed by atoms with van der Waals surface area (Å²) in [6, 6.07) is 10.4. The first kappa shape index (κ1) is 21.3. The Morgan fingerprint density at radius 1 is 1.00 bits per heavy atom. The Balaban J connectivity index is 1.86. The van der Waals surface area contributed by atoms with E-state index in [1.165, 1.54) is 7.11 Å². The summed E-state index contributed by atoms with van der Waals surface area (Å²) in [6.45, 7) is 0.371. The number of hydrogen-bond donors (Lipinski definition) is 1. The molecule has 0 aromatic heterocycles. The minimum absolute atomic E-state index is 0.102. The predicted molar refractivity (Wildman–Crippen MR) is 110 cm³/mol. The third-order valence-electron chi connectivity index (χ3n) is 5.09. The number of carbonyl (C=O) groups excluding carboxylic acids is 2. The van der Waals surface area contributed by atoms with E-state index in [0.717, 1.165) is 18.4 Å². The molecule has 1 unspecified atom stereocenters. The van der Waals surface area contributed by atoms with E-state index in [1.807, 2.05) is 23.1 Å². The van der Waals surface area contributed by atoms with Crippen molar-refractivity contribution in [1.82, 2.24) is 4.90 Å². The third kappa shape index (κ3) is 4.42. The van der Waals surface area contributed by atoms with E-state index in [-0.39, 0.29) is 18.6 Å². The maximum atomic E-state index is 13.3. The van der Waals surface area contributed by atoms with Crippen molar-refractivity contribution in [3.8, 4) is 23.0 Å². The number of methoxy groups -OCH3 is 3. The van der Waals surface area contributed by atoms with Crippen molar-refractivity contribution in [2.24, 2.45) is 5.73 Å². The van der Waals surface area contributed by atoms with Gasteiger partial charge in [-0.05, 0) is 43.2 Å². The minimum Gasteiger partial charge on any atom is -0.497 e. The van der Waals surface area contributed by atoms with Gasteiger partial charge < -0.3 is 29.6 Å². The topological polar surface area (TPSA) is 100 Å². The zero-order valence-electron chi connectivity index (χ0n) is 17.3. The highest BCUT2D eigenvalue weighted by molar-refractivity contribution is 5.95. The van der Waals surface area contributed by atoms with E-state index < -0.39 is 5.91 Å². The fourth-order valence-electron chi connectivity index (χ4n) is 3.66. The van der Waals surface area contributed by atoms with Crippen LogP contribution in [0.1, 0.15) is 34.8 Å². The second-order valence-electron chi connectivity index (χ2n) is 6.89. The highest BCUT2D eigenvalue weighted by atomic mass is 16.5. The number of benzene rings is 2. The molecular formula is C22H26N2O6. The molecule has 30 heavy (non-hydrogen) atoms. The molecule has 1 saturated heterocycles. The first-order valence-corrected chi connectivity index (χ1v) is 9.60. The molecule has 2 aromatic rings. The number of nitrogens with zero attached hydrogens (tertiary/aromatic N) is 1. The van der Waals surface area contributed by atoms with Gasteiger partial charge in [0.15, 0.2) is 18.1 Å². The first-order chi connectivity index (χ1) is 14.5. The SMILES string of the molecule is COc1ccc(C2CCCN2C(=O)c2ccc(OCC(N)=O)c(OC)c2)c(OC)c1. The van der Waals surface area contributed by atoms with Gasteiger partial charge in [-0.15, -0.1) is 0 Å². The summed E-state index contributed by atoms with van der Waals surface area (Å²) in [7, 11) is 4.68. The van der Waals surface area contributed by atoms with Gasteiger partial charge in [-0.3, -0.25) is 9.59 Å². The van der Waals surface area contributed by atoms with Crippen LogP contribution >= 0.6 is 0 Å². The van der Waals surface area contributed by atoms with Gasteiger partial charge in [-0.2, -0.15) is 0 Å². The summed E-state index contributed by atoms with van der Waals surface area (Å²) in [6.07, 6.45) is 1.73. The predicted octanol–water partition coefficient (Wildman–Crippen LogP) is 2.55. The number of carbonyl (C=O) groups is 2. The van der Waals surface area contributed by atoms with Crippen molar-refractivity contribution in [1.29, 1.82) is 0 Å². The van der Waals surface area contributed by atoms with Crippen LogP contribution in [0.5, 0.6) is 23.0 Å². The molecule has 0 radical (unpaired) electrons. The Labute approximate surface area is 175 Å². The molecule has 1 aliphatic rings. The molecule has 2 aromatic carbocycles. The van der Waals surface area contributed by atoms with Gasteiger partial charge in [0.1, 0.15) is 11.5 Å². The Bertz CT molecular complexity index is 930. The molecule has 0 saturated carbocycles. The molecule has 8 nitrogen and oxygen atoms in total. The van der Waals surface area contributed by atoms with Crippen molar-refractivity contribution in [3.05, 3.63) is 47.5 Å². The largest absolute Gasteiger partial charge is 0.497 e. The van der Waals surface area contributed by atoms with Gasteiger partial charge in [0.25, 0.3) is 11.8 Å². The average Bonchev–Trinajstić information content (AvgIpc) is 3.26. The molecule has 3 rings (SSSR count). The fourth-order valence-corrected chi connectivity index (χ4v) is 3.66. The van der Waals surface area contributed by atoms with E-state index >= 15 is 0 Å². The number of amides is 2. The zero-order valence-corrected chi connectivity index (χ0v) is 17.3. The number of rotatable bonds is 8. The minimum atomic E-state index is -0.592. The van der Waals surface area contributed by atoms with Gasteiger partial charge in [0.2, 0.25) is 0 Å². The zero-order chi connectivity index (χ0) is 21.7. The normalized spacial score (nSPS) is 15.6. The molecule has 2 amide bonds. The number of primary amides is 1. The summed E-state index contributed by atoms with van der Waals surface area (Å²) < 4.78 is 21.5. The number of nitrogens with two attached hydrogens (primary N) is 1. The van der Waals surface area contributed by atoms with Crippen molar-refractivity contribution in [2.75, 3.05) is 34.5 Å². The lowest BCUT2D eigenvalue weighted by Crippen LogP contribution is -2.30. The van der Waals surface area contributed by atoms with Crippen LogP contribution in [-0.2, 0) is 4.79 Å². The van der Waals surface area contributed by atoms with Crippen molar-refractivity contribution < 1.29 is 28.5 Å². The van der Waals surface area contributed by atoms with Crippen LogP contribution in [0.15, 0.2) is 36.4 Å². The Kier molecular flexibility index (Phi) is 6.66. The summed E-state index contributed by atoms with van der Waals surface area (Å²) in [5.41, 5.74) is 6.53. The lowest BCUT2D eigenvalue weighted by Gasteiger charge is -2.27. The average molecular weight is 414 g/mol. The number of hydrogen-bond acceptors (Lipinski definition) is 6. The molecule has 0 aliphatic carbocycles. The molecule has 1 fully saturated rings. The maximum absolute atomic E-state index is 13.3. The van der Waals surface area contributed by atoms with Gasteiger partial charge in [-0.1, -0.05) is 0 Å². The fraction of sp³-hybridized carbons (Fsp3) is 0.364. The highest BCUT2D eigenvalue weighted by Gasteiger charge is 2.33. The Hall–Kier alpha value is -3.42.